The van der Waals surface area contributed by atoms with Crippen molar-refractivity contribution in [2.45, 2.75) is 0 Å². The van der Waals surface area contributed by atoms with Crippen LogP contribution in [0.2, 0.25) is 0 Å². The third-order valence-electron chi connectivity index (χ3n) is 2.31. The standard InChI is InChI=1S/C11H10F2N2O2S/c12-7-1-8(13)3-9(2-7)14-10(16)4-15-6-18-5-11(15)17/h1-3H,4-6H2,(H,14,16). The van der Waals surface area contributed by atoms with Crippen LogP contribution >= 0.6 is 11.8 Å². The molecule has 18 heavy (non-hydrogen) atoms. The maximum absolute atomic E-state index is 12.9. The third kappa shape index (κ3) is 3.19. The predicted octanol–water partition coefficient (Wildman–Crippen LogP) is 1.44. The van der Waals surface area contributed by atoms with E-state index < -0.39 is 17.5 Å². The summed E-state index contributed by atoms with van der Waals surface area (Å²) in [4.78, 5) is 24.2. The van der Waals surface area contributed by atoms with Crippen molar-refractivity contribution in [3.05, 3.63) is 29.8 Å². The van der Waals surface area contributed by atoms with Crippen molar-refractivity contribution in [2.75, 3.05) is 23.5 Å². The van der Waals surface area contributed by atoms with Crippen molar-refractivity contribution in [1.29, 1.82) is 0 Å². The van der Waals surface area contributed by atoms with Gasteiger partial charge in [-0.3, -0.25) is 9.59 Å². The molecule has 1 aliphatic rings. The smallest absolute Gasteiger partial charge is 0.244 e. The van der Waals surface area contributed by atoms with Crippen LogP contribution < -0.4 is 5.32 Å². The number of benzene rings is 1. The summed E-state index contributed by atoms with van der Waals surface area (Å²) in [7, 11) is 0. The molecule has 0 unspecified atom stereocenters. The Balaban J connectivity index is 1.96. The van der Waals surface area contributed by atoms with Crippen molar-refractivity contribution >= 4 is 29.3 Å². The van der Waals surface area contributed by atoms with E-state index in [1.165, 1.54) is 16.7 Å². The monoisotopic (exact) mass is 272 g/mol. The fraction of sp³-hybridized carbons (Fsp3) is 0.273. The Labute approximate surface area is 106 Å². The largest absolute Gasteiger partial charge is 0.324 e. The van der Waals surface area contributed by atoms with Gasteiger partial charge in [0.1, 0.15) is 18.2 Å². The lowest BCUT2D eigenvalue weighted by Gasteiger charge is -2.14. The maximum atomic E-state index is 12.9. The first-order chi connectivity index (χ1) is 8.54. The molecule has 1 aromatic carbocycles. The number of hydrogen-bond acceptors (Lipinski definition) is 3. The number of carbonyl (C=O) groups is 2. The second kappa shape index (κ2) is 5.34. The van der Waals surface area contributed by atoms with Crippen molar-refractivity contribution < 1.29 is 18.4 Å². The van der Waals surface area contributed by atoms with E-state index in [1.807, 2.05) is 0 Å². The van der Waals surface area contributed by atoms with Crippen molar-refractivity contribution in [2.24, 2.45) is 0 Å². The molecule has 96 valence electrons. The van der Waals surface area contributed by atoms with Gasteiger partial charge in [-0.1, -0.05) is 0 Å². The van der Waals surface area contributed by atoms with E-state index in [2.05, 4.69) is 5.32 Å². The lowest BCUT2D eigenvalue weighted by atomic mass is 10.3. The van der Waals surface area contributed by atoms with Crippen LogP contribution in [0.25, 0.3) is 0 Å². The van der Waals surface area contributed by atoms with Crippen LogP contribution in [0.3, 0.4) is 0 Å². The Kier molecular flexibility index (Phi) is 3.81. The molecular weight excluding hydrogens is 262 g/mol. The molecule has 2 amide bonds. The minimum absolute atomic E-state index is 0.0387. The number of anilines is 1. The van der Waals surface area contributed by atoms with Gasteiger partial charge in [0.05, 0.1) is 11.6 Å². The fourth-order valence-corrected chi connectivity index (χ4v) is 2.44. The molecule has 2 rings (SSSR count). The van der Waals surface area contributed by atoms with Gasteiger partial charge in [0.2, 0.25) is 11.8 Å². The Morgan fingerprint density at radius 2 is 2.00 bits per heavy atom. The highest BCUT2D eigenvalue weighted by atomic mass is 32.2. The zero-order chi connectivity index (χ0) is 13.1. The number of nitrogens with one attached hydrogen (secondary N) is 1. The molecule has 1 fully saturated rings. The highest BCUT2D eigenvalue weighted by Crippen LogP contribution is 2.16. The second-order valence-electron chi connectivity index (χ2n) is 3.78. The van der Waals surface area contributed by atoms with Crippen LogP contribution in [-0.2, 0) is 9.59 Å². The minimum atomic E-state index is -0.766. The van der Waals surface area contributed by atoms with Gasteiger partial charge in [-0.15, -0.1) is 11.8 Å². The molecule has 0 spiro atoms. The average molecular weight is 272 g/mol. The molecule has 0 radical (unpaired) electrons. The maximum Gasteiger partial charge on any atom is 0.244 e. The quantitative estimate of drug-likeness (QED) is 0.905. The summed E-state index contributed by atoms with van der Waals surface area (Å²) in [5.41, 5.74) is 0.0387. The summed E-state index contributed by atoms with van der Waals surface area (Å²) in [6.45, 7) is -0.107. The SMILES string of the molecule is O=C(CN1CSCC1=O)Nc1cc(F)cc(F)c1. The summed E-state index contributed by atoms with van der Waals surface area (Å²) in [5.74, 6) is -1.29. The van der Waals surface area contributed by atoms with Crippen LogP contribution in [0.1, 0.15) is 0 Å². The predicted molar refractivity (Wildman–Crippen MR) is 64.0 cm³/mol. The number of hydrogen-bond donors (Lipinski definition) is 1. The van der Waals surface area contributed by atoms with E-state index in [9.17, 15) is 18.4 Å². The molecule has 4 nitrogen and oxygen atoms in total. The minimum Gasteiger partial charge on any atom is -0.324 e. The highest BCUT2D eigenvalue weighted by Gasteiger charge is 2.22. The van der Waals surface area contributed by atoms with Gasteiger partial charge in [-0.2, -0.15) is 0 Å². The molecule has 1 saturated heterocycles. The van der Waals surface area contributed by atoms with E-state index in [1.54, 1.807) is 0 Å². The molecule has 7 heteroatoms. The van der Waals surface area contributed by atoms with Crippen molar-refractivity contribution in [3.63, 3.8) is 0 Å². The van der Waals surface area contributed by atoms with E-state index in [0.29, 0.717) is 11.6 Å². The Bertz CT molecular complexity index is 476. The van der Waals surface area contributed by atoms with E-state index in [0.717, 1.165) is 18.2 Å². The summed E-state index contributed by atoms with van der Waals surface area (Å²) in [6, 6.07) is 2.75. The lowest BCUT2D eigenvalue weighted by Crippen LogP contribution is -2.34. The van der Waals surface area contributed by atoms with E-state index in [-0.39, 0.29) is 18.1 Å². The second-order valence-corrected chi connectivity index (χ2v) is 4.73. The summed E-state index contributed by atoms with van der Waals surface area (Å²) < 4.78 is 25.8. The fourth-order valence-electron chi connectivity index (χ4n) is 1.54. The third-order valence-corrected chi connectivity index (χ3v) is 3.25. The number of carbonyl (C=O) groups excluding carboxylic acids is 2. The number of amides is 2. The topological polar surface area (TPSA) is 49.4 Å². The summed E-state index contributed by atoms with van der Waals surface area (Å²) in [5, 5.41) is 2.35. The first-order valence-corrected chi connectivity index (χ1v) is 6.31. The highest BCUT2D eigenvalue weighted by molar-refractivity contribution is 8.00. The molecule has 0 atom stereocenters. The first-order valence-electron chi connectivity index (χ1n) is 5.16. The van der Waals surface area contributed by atoms with Crippen LogP contribution in [0, 0.1) is 11.6 Å². The number of rotatable bonds is 3. The van der Waals surface area contributed by atoms with Gasteiger partial charge in [-0.05, 0) is 12.1 Å². The van der Waals surface area contributed by atoms with Crippen molar-refractivity contribution in [1.82, 2.24) is 4.90 Å². The molecule has 1 aliphatic heterocycles. The van der Waals surface area contributed by atoms with E-state index in [4.69, 9.17) is 0 Å². The summed E-state index contributed by atoms with van der Waals surface area (Å²) in [6.07, 6.45) is 0. The Hall–Kier alpha value is -1.63. The van der Waals surface area contributed by atoms with Crippen LogP contribution in [-0.4, -0.2) is 34.9 Å². The molecule has 0 saturated carbocycles. The van der Waals surface area contributed by atoms with Crippen LogP contribution in [0.4, 0.5) is 14.5 Å². The molecule has 1 N–H and O–H groups in total. The van der Waals surface area contributed by atoms with Crippen LogP contribution in [0.15, 0.2) is 18.2 Å². The zero-order valence-corrected chi connectivity index (χ0v) is 10.1. The molecule has 0 aliphatic carbocycles. The summed E-state index contributed by atoms with van der Waals surface area (Å²) >= 11 is 1.42. The normalized spacial score (nSPS) is 15.0. The molecular formula is C11H10F2N2O2S. The molecule has 0 aromatic heterocycles. The van der Waals surface area contributed by atoms with Gasteiger partial charge in [0.15, 0.2) is 0 Å². The lowest BCUT2D eigenvalue weighted by molar-refractivity contribution is -0.130. The van der Waals surface area contributed by atoms with Gasteiger partial charge in [0, 0.05) is 11.8 Å². The van der Waals surface area contributed by atoms with Crippen molar-refractivity contribution in [3.8, 4) is 0 Å². The number of halogens is 2. The average Bonchev–Trinajstić information content (AvgIpc) is 2.62. The van der Waals surface area contributed by atoms with Gasteiger partial charge in [-0.25, -0.2) is 8.78 Å². The number of nitrogens with zero attached hydrogens (tertiary/aromatic N) is 1. The van der Waals surface area contributed by atoms with Gasteiger partial charge >= 0.3 is 0 Å². The van der Waals surface area contributed by atoms with E-state index >= 15 is 0 Å². The van der Waals surface area contributed by atoms with Gasteiger partial charge in [0.25, 0.3) is 0 Å². The first kappa shape index (κ1) is 12.8. The molecule has 1 aromatic rings. The number of thioether (sulfide) groups is 1. The van der Waals surface area contributed by atoms with Gasteiger partial charge < -0.3 is 10.2 Å². The molecule has 0 bridgehead atoms. The zero-order valence-electron chi connectivity index (χ0n) is 9.28. The van der Waals surface area contributed by atoms with Crippen LogP contribution in [0.5, 0.6) is 0 Å². The molecule has 1 heterocycles. The Morgan fingerprint density at radius 3 is 2.56 bits per heavy atom. The Morgan fingerprint density at radius 1 is 1.33 bits per heavy atom.